The number of amides is 2. The summed E-state index contributed by atoms with van der Waals surface area (Å²) in [7, 11) is 3.15. The molecule has 1 atom stereocenters. The number of anilines is 1. The molecule has 3 aromatic carbocycles. The molecule has 0 saturated heterocycles. The maximum atomic E-state index is 14.0. The molecule has 0 aliphatic heterocycles. The van der Waals surface area contributed by atoms with Crippen LogP contribution in [0.5, 0.6) is 11.5 Å². The van der Waals surface area contributed by atoms with Gasteiger partial charge in [-0.3, -0.25) is 9.59 Å². The van der Waals surface area contributed by atoms with Crippen LogP contribution in [0.4, 0.5) is 5.69 Å². The maximum absolute atomic E-state index is 14.0. The van der Waals surface area contributed by atoms with E-state index in [1.54, 1.807) is 55.5 Å². The van der Waals surface area contributed by atoms with Crippen LogP contribution in [0.1, 0.15) is 28.6 Å². The van der Waals surface area contributed by atoms with Gasteiger partial charge in [-0.25, -0.2) is 9.97 Å². The normalized spacial score (nSPS) is 11.4. The van der Waals surface area contributed by atoms with Gasteiger partial charge < -0.3 is 19.7 Å². The second kappa shape index (κ2) is 13.6. The zero-order valence-corrected chi connectivity index (χ0v) is 23.8. The van der Waals surface area contributed by atoms with Crippen molar-refractivity contribution in [3.63, 3.8) is 0 Å². The van der Waals surface area contributed by atoms with Crippen molar-refractivity contribution in [1.82, 2.24) is 14.9 Å². The van der Waals surface area contributed by atoms with E-state index in [2.05, 4.69) is 15.3 Å². The third-order valence-electron chi connectivity index (χ3n) is 6.13. The molecule has 1 N–H and O–H groups in total. The summed E-state index contributed by atoms with van der Waals surface area (Å²) in [4.78, 5) is 38.4. The molecule has 4 rings (SSSR count). The Morgan fingerprint density at radius 3 is 2.17 bits per heavy atom. The number of thioether (sulfide) groups is 1. The molecule has 1 heterocycles. The monoisotopic (exact) mass is 556 g/mol. The second-order valence-electron chi connectivity index (χ2n) is 9.13. The summed E-state index contributed by atoms with van der Waals surface area (Å²) in [5.74, 6) is 0.745. The first-order valence-corrected chi connectivity index (χ1v) is 13.7. The van der Waals surface area contributed by atoms with Gasteiger partial charge in [0, 0.05) is 23.6 Å². The summed E-state index contributed by atoms with van der Waals surface area (Å²) in [6, 6.07) is 24.8. The van der Waals surface area contributed by atoms with Crippen molar-refractivity contribution in [2.45, 2.75) is 31.6 Å². The largest absolute Gasteiger partial charge is 0.497 e. The molecule has 8 nitrogen and oxygen atoms in total. The number of hydrogen-bond acceptors (Lipinski definition) is 7. The van der Waals surface area contributed by atoms with E-state index >= 15 is 0 Å². The quantitative estimate of drug-likeness (QED) is 0.190. The highest BCUT2D eigenvalue weighted by molar-refractivity contribution is 7.99. The molecule has 0 bridgehead atoms. The van der Waals surface area contributed by atoms with Gasteiger partial charge in [-0.1, -0.05) is 54.2 Å². The fourth-order valence-corrected chi connectivity index (χ4v) is 5.08. The lowest BCUT2D eigenvalue weighted by atomic mass is 10.0. The van der Waals surface area contributed by atoms with Crippen LogP contribution in [0.15, 0.2) is 90.1 Å². The molecule has 1 aromatic heterocycles. The van der Waals surface area contributed by atoms with Gasteiger partial charge in [-0.15, -0.1) is 0 Å². The Kier molecular flexibility index (Phi) is 9.75. The van der Waals surface area contributed by atoms with Crippen LogP contribution in [-0.2, 0) is 16.1 Å². The first-order chi connectivity index (χ1) is 19.4. The van der Waals surface area contributed by atoms with Crippen molar-refractivity contribution in [1.29, 1.82) is 0 Å². The second-order valence-corrected chi connectivity index (χ2v) is 10.1. The number of carbonyl (C=O) groups is 2. The van der Waals surface area contributed by atoms with Gasteiger partial charge in [-0.05, 0) is 67.4 Å². The van der Waals surface area contributed by atoms with Crippen molar-refractivity contribution >= 4 is 29.3 Å². The van der Waals surface area contributed by atoms with Crippen LogP contribution in [0.2, 0.25) is 0 Å². The van der Waals surface area contributed by atoms with E-state index in [-0.39, 0.29) is 24.1 Å². The summed E-state index contributed by atoms with van der Waals surface area (Å²) in [6.45, 7) is 4.01. The number of ether oxygens (including phenoxy) is 2. The van der Waals surface area contributed by atoms with E-state index in [0.29, 0.717) is 27.9 Å². The number of hydrogen-bond donors (Lipinski definition) is 1. The summed E-state index contributed by atoms with van der Waals surface area (Å²) in [6.07, 6.45) is 0. The fraction of sp³-hybridized carbons (Fsp3) is 0.226. The molecule has 0 spiro atoms. The van der Waals surface area contributed by atoms with Gasteiger partial charge in [0.2, 0.25) is 5.91 Å². The number of rotatable bonds is 11. The molecular formula is C31H32N4O4S. The molecule has 4 aromatic rings. The highest BCUT2D eigenvalue weighted by atomic mass is 32.2. The zero-order chi connectivity index (χ0) is 28.5. The smallest absolute Gasteiger partial charge is 0.251 e. The predicted molar refractivity (Wildman–Crippen MR) is 157 cm³/mol. The molecule has 1 unspecified atom stereocenters. The van der Waals surface area contributed by atoms with E-state index < -0.39 is 6.04 Å². The summed E-state index contributed by atoms with van der Waals surface area (Å²) < 4.78 is 10.7. The minimum atomic E-state index is -0.939. The number of aryl methyl sites for hydroxylation is 2. The summed E-state index contributed by atoms with van der Waals surface area (Å²) >= 11 is 1.25. The summed E-state index contributed by atoms with van der Waals surface area (Å²) in [5.41, 5.74) is 3.77. The Morgan fingerprint density at radius 1 is 0.850 bits per heavy atom. The molecule has 0 aliphatic carbocycles. The number of nitrogens with one attached hydrogen (secondary N) is 1. The van der Waals surface area contributed by atoms with Gasteiger partial charge in [0.05, 0.1) is 20.0 Å². The fourth-order valence-electron chi connectivity index (χ4n) is 4.24. The van der Waals surface area contributed by atoms with Crippen LogP contribution in [-0.4, -0.2) is 46.7 Å². The van der Waals surface area contributed by atoms with Gasteiger partial charge in [0.25, 0.3) is 5.91 Å². The van der Waals surface area contributed by atoms with Crippen LogP contribution in [0.3, 0.4) is 0 Å². The molecule has 2 amide bonds. The van der Waals surface area contributed by atoms with Crippen LogP contribution in [0, 0.1) is 13.8 Å². The van der Waals surface area contributed by atoms with Crippen LogP contribution in [0.25, 0.3) is 0 Å². The molecule has 206 valence electrons. The third-order valence-corrected chi connectivity index (χ3v) is 6.96. The molecule has 0 saturated carbocycles. The lowest BCUT2D eigenvalue weighted by molar-refractivity contribution is -0.137. The Labute approximate surface area is 238 Å². The molecule has 0 aliphatic rings. The molecule has 0 radical (unpaired) electrons. The van der Waals surface area contributed by atoms with E-state index in [0.717, 1.165) is 17.0 Å². The van der Waals surface area contributed by atoms with E-state index in [1.165, 1.54) is 11.8 Å². The first-order valence-electron chi connectivity index (χ1n) is 12.7. The molecule has 40 heavy (non-hydrogen) atoms. The van der Waals surface area contributed by atoms with Gasteiger partial charge in [-0.2, -0.15) is 0 Å². The average Bonchev–Trinajstić information content (AvgIpc) is 2.96. The maximum Gasteiger partial charge on any atom is 0.251 e. The zero-order valence-electron chi connectivity index (χ0n) is 23.0. The minimum Gasteiger partial charge on any atom is -0.497 e. The number of aromatic nitrogens is 2. The van der Waals surface area contributed by atoms with Crippen LogP contribution < -0.4 is 14.8 Å². The number of nitrogens with zero attached hydrogens (tertiary/aromatic N) is 3. The lowest BCUT2D eigenvalue weighted by Gasteiger charge is -2.31. The Bertz CT molecular complexity index is 1430. The van der Waals surface area contributed by atoms with Crippen molar-refractivity contribution in [2.24, 2.45) is 0 Å². The van der Waals surface area contributed by atoms with Crippen molar-refractivity contribution < 1.29 is 19.1 Å². The number of methoxy groups -OCH3 is 2. The first kappa shape index (κ1) is 28.6. The number of benzene rings is 3. The van der Waals surface area contributed by atoms with E-state index in [9.17, 15) is 9.59 Å². The standard InChI is InChI=1S/C31H32N4O4S/c1-21-17-22(2)33-31(32-21)40-20-28(36)35(19-23-9-6-5-7-10-23)29(24-11-8-12-27(18-24)39-4)30(37)34-25-13-15-26(38-3)16-14-25/h5-18,29H,19-20H2,1-4H3,(H,34,37). The van der Waals surface area contributed by atoms with Crippen LogP contribution >= 0.6 is 11.8 Å². The topological polar surface area (TPSA) is 93.7 Å². The van der Waals surface area contributed by atoms with E-state index in [4.69, 9.17) is 9.47 Å². The average molecular weight is 557 g/mol. The molecule has 0 fully saturated rings. The predicted octanol–water partition coefficient (Wildman–Crippen LogP) is 5.61. The minimum absolute atomic E-state index is 0.0615. The Morgan fingerprint density at radius 2 is 1.52 bits per heavy atom. The molecule has 9 heteroatoms. The Hall–Kier alpha value is -4.37. The van der Waals surface area contributed by atoms with Gasteiger partial charge >= 0.3 is 0 Å². The van der Waals surface area contributed by atoms with Crippen molar-refractivity contribution in [2.75, 3.05) is 25.3 Å². The molecular weight excluding hydrogens is 524 g/mol. The van der Waals surface area contributed by atoms with Gasteiger partial charge in [0.15, 0.2) is 5.16 Å². The van der Waals surface area contributed by atoms with Crippen molar-refractivity contribution in [3.8, 4) is 11.5 Å². The van der Waals surface area contributed by atoms with E-state index in [1.807, 2.05) is 62.4 Å². The lowest BCUT2D eigenvalue weighted by Crippen LogP contribution is -2.41. The highest BCUT2D eigenvalue weighted by Gasteiger charge is 2.32. The highest BCUT2D eigenvalue weighted by Crippen LogP contribution is 2.29. The van der Waals surface area contributed by atoms with Crippen molar-refractivity contribution in [3.05, 3.63) is 107 Å². The third kappa shape index (κ3) is 7.60. The number of carbonyl (C=O) groups excluding carboxylic acids is 2. The summed E-state index contributed by atoms with van der Waals surface area (Å²) in [5, 5.41) is 3.50. The Balaban J connectivity index is 1.70. The van der Waals surface area contributed by atoms with Gasteiger partial charge in [0.1, 0.15) is 17.5 Å². The SMILES string of the molecule is COc1ccc(NC(=O)C(c2cccc(OC)c2)N(Cc2ccccc2)C(=O)CSc2nc(C)cc(C)n2)cc1.